The van der Waals surface area contributed by atoms with Crippen molar-refractivity contribution in [3.63, 3.8) is 0 Å². The topological polar surface area (TPSA) is 34.9 Å². The lowest BCUT2D eigenvalue weighted by Gasteiger charge is -2.04. The number of fused-ring (bicyclic) bond motifs is 1. The fourth-order valence-corrected chi connectivity index (χ4v) is 1.83. The van der Waals surface area contributed by atoms with Crippen LogP contribution in [-0.2, 0) is 7.05 Å². The summed E-state index contributed by atoms with van der Waals surface area (Å²) in [4.78, 5) is 15.2. The first-order valence-electron chi connectivity index (χ1n) is 5.05. The van der Waals surface area contributed by atoms with Crippen molar-refractivity contribution >= 4 is 17.3 Å². The number of carbonyl (C=O) groups is 1. The van der Waals surface area contributed by atoms with Gasteiger partial charge < -0.3 is 4.57 Å². The van der Waals surface area contributed by atoms with Crippen LogP contribution in [0.25, 0.3) is 11.0 Å². The first-order valence-corrected chi connectivity index (χ1v) is 5.05. The molecule has 0 saturated carbocycles. The lowest BCUT2D eigenvalue weighted by atomic mass is 10.2. The van der Waals surface area contributed by atoms with Gasteiger partial charge in [0.1, 0.15) is 12.1 Å². The lowest BCUT2D eigenvalue weighted by molar-refractivity contribution is 0.112. The van der Waals surface area contributed by atoms with E-state index in [1.54, 1.807) is 0 Å². The predicted octanol–water partition coefficient (Wildman–Crippen LogP) is 2.51. The van der Waals surface area contributed by atoms with Crippen LogP contribution in [0.15, 0.2) is 18.2 Å². The van der Waals surface area contributed by atoms with Gasteiger partial charge in [-0.05, 0) is 18.2 Å². The lowest BCUT2D eigenvalue weighted by Crippen LogP contribution is -1.99. The van der Waals surface area contributed by atoms with Gasteiger partial charge in [-0.15, -0.1) is 0 Å². The van der Waals surface area contributed by atoms with Gasteiger partial charge in [-0.3, -0.25) is 4.79 Å². The molecule has 0 radical (unpaired) electrons. The maximum atomic E-state index is 10.6. The highest BCUT2D eigenvalue weighted by molar-refractivity contribution is 5.85. The molecule has 0 aliphatic heterocycles. The van der Waals surface area contributed by atoms with E-state index in [2.05, 4.69) is 23.4 Å². The van der Waals surface area contributed by atoms with Gasteiger partial charge in [0.25, 0.3) is 0 Å². The van der Waals surface area contributed by atoms with Crippen LogP contribution in [0.1, 0.15) is 35.9 Å². The number of aromatic nitrogens is 2. The number of aryl methyl sites for hydroxylation is 1. The Morgan fingerprint density at radius 1 is 1.40 bits per heavy atom. The molecule has 1 heterocycles. The Bertz CT molecular complexity index is 512. The normalized spacial score (nSPS) is 11.2. The summed E-state index contributed by atoms with van der Waals surface area (Å²) >= 11 is 0. The van der Waals surface area contributed by atoms with Crippen molar-refractivity contribution in [3.05, 3.63) is 29.6 Å². The second-order valence-corrected chi connectivity index (χ2v) is 4.05. The number of rotatable bonds is 2. The molecule has 0 saturated heterocycles. The van der Waals surface area contributed by atoms with E-state index in [0.717, 1.165) is 23.1 Å². The number of hydrogen-bond acceptors (Lipinski definition) is 2. The zero-order valence-corrected chi connectivity index (χ0v) is 9.19. The zero-order chi connectivity index (χ0) is 11.0. The molecule has 78 valence electrons. The molecule has 0 bridgehead atoms. The number of hydrogen-bond donors (Lipinski definition) is 0. The van der Waals surface area contributed by atoms with Crippen LogP contribution >= 0.6 is 0 Å². The van der Waals surface area contributed by atoms with Crippen molar-refractivity contribution < 1.29 is 4.79 Å². The van der Waals surface area contributed by atoms with Crippen molar-refractivity contribution in [2.24, 2.45) is 7.05 Å². The molecule has 3 nitrogen and oxygen atoms in total. The number of aldehydes is 1. The number of imidazole rings is 1. The van der Waals surface area contributed by atoms with E-state index in [1.165, 1.54) is 0 Å². The minimum absolute atomic E-state index is 0.391. The summed E-state index contributed by atoms with van der Waals surface area (Å²) in [6.45, 7) is 4.23. The summed E-state index contributed by atoms with van der Waals surface area (Å²) in [5.74, 6) is 1.44. The molecule has 0 spiro atoms. The Kier molecular flexibility index (Phi) is 2.31. The molecule has 0 unspecified atom stereocenters. The summed E-state index contributed by atoms with van der Waals surface area (Å²) in [6.07, 6.45) is 0.850. The molecule has 0 fully saturated rings. The fourth-order valence-electron chi connectivity index (χ4n) is 1.83. The van der Waals surface area contributed by atoms with Crippen LogP contribution in [0, 0.1) is 0 Å². The second-order valence-electron chi connectivity index (χ2n) is 4.05. The summed E-state index contributed by atoms with van der Waals surface area (Å²) in [6, 6.07) is 5.59. The average molecular weight is 202 g/mol. The van der Waals surface area contributed by atoms with Crippen LogP contribution in [0.4, 0.5) is 0 Å². The highest BCUT2D eigenvalue weighted by atomic mass is 16.1. The summed E-state index contributed by atoms with van der Waals surface area (Å²) in [5.41, 5.74) is 2.64. The standard InChI is InChI=1S/C12H14N2O/c1-8(2)12-13-10-6-9(7-15)4-5-11(10)14(12)3/h4-8H,1-3H3. The molecule has 1 aromatic heterocycles. The van der Waals surface area contributed by atoms with Crippen molar-refractivity contribution in [3.8, 4) is 0 Å². The summed E-state index contributed by atoms with van der Waals surface area (Å²) in [7, 11) is 2.01. The number of benzene rings is 1. The third kappa shape index (κ3) is 1.54. The Balaban J connectivity index is 2.70. The van der Waals surface area contributed by atoms with Crippen LogP contribution < -0.4 is 0 Å². The minimum Gasteiger partial charge on any atom is -0.331 e. The molecule has 2 rings (SSSR count). The van der Waals surface area contributed by atoms with Crippen LogP contribution in [0.3, 0.4) is 0 Å². The maximum absolute atomic E-state index is 10.6. The molecule has 0 aliphatic rings. The van der Waals surface area contributed by atoms with E-state index in [9.17, 15) is 4.79 Å². The number of nitrogens with zero attached hydrogens (tertiary/aromatic N) is 2. The molecule has 3 heteroatoms. The van der Waals surface area contributed by atoms with Crippen molar-refractivity contribution in [2.45, 2.75) is 19.8 Å². The van der Waals surface area contributed by atoms with E-state index >= 15 is 0 Å². The van der Waals surface area contributed by atoms with Gasteiger partial charge in [-0.25, -0.2) is 4.98 Å². The number of carbonyl (C=O) groups excluding carboxylic acids is 1. The Morgan fingerprint density at radius 3 is 2.73 bits per heavy atom. The Hall–Kier alpha value is -1.64. The third-order valence-electron chi connectivity index (χ3n) is 2.59. The van der Waals surface area contributed by atoms with Crippen LogP contribution in [-0.4, -0.2) is 15.8 Å². The van der Waals surface area contributed by atoms with Crippen LogP contribution in [0.5, 0.6) is 0 Å². The van der Waals surface area contributed by atoms with E-state index in [-0.39, 0.29) is 0 Å². The summed E-state index contributed by atoms with van der Waals surface area (Å²) in [5, 5.41) is 0. The van der Waals surface area contributed by atoms with Gasteiger partial charge in [0.05, 0.1) is 11.0 Å². The smallest absolute Gasteiger partial charge is 0.150 e. The van der Waals surface area contributed by atoms with E-state index in [4.69, 9.17) is 0 Å². The van der Waals surface area contributed by atoms with E-state index in [0.29, 0.717) is 11.5 Å². The van der Waals surface area contributed by atoms with Gasteiger partial charge in [0.2, 0.25) is 0 Å². The highest BCUT2D eigenvalue weighted by Crippen LogP contribution is 2.20. The molecule has 2 aromatic rings. The quantitative estimate of drug-likeness (QED) is 0.701. The van der Waals surface area contributed by atoms with E-state index in [1.807, 2.05) is 25.2 Å². The largest absolute Gasteiger partial charge is 0.331 e. The second kappa shape index (κ2) is 3.50. The fraction of sp³-hybridized carbons (Fsp3) is 0.333. The zero-order valence-electron chi connectivity index (χ0n) is 9.19. The Morgan fingerprint density at radius 2 is 2.13 bits per heavy atom. The molecular weight excluding hydrogens is 188 g/mol. The summed E-state index contributed by atoms with van der Waals surface area (Å²) < 4.78 is 2.08. The molecule has 1 aromatic carbocycles. The van der Waals surface area contributed by atoms with E-state index < -0.39 is 0 Å². The first kappa shape index (κ1) is 9.90. The third-order valence-corrected chi connectivity index (χ3v) is 2.59. The molecular formula is C12H14N2O. The van der Waals surface area contributed by atoms with Crippen molar-refractivity contribution in [1.29, 1.82) is 0 Å². The first-order chi connectivity index (χ1) is 7.13. The van der Waals surface area contributed by atoms with Crippen molar-refractivity contribution in [2.75, 3.05) is 0 Å². The van der Waals surface area contributed by atoms with Gasteiger partial charge in [0.15, 0.2) is 0 Å². The molecule has 0 N–H and O–H groups in total. The van der Waals surface area contributed by atoms with Crippen molar-refractivity contribution in [1.82, 2.24) is 9.55 Å². The molecule has 0 aliphatic carbocycles. The molecule has 15 heavy (non-hydrogen) atoms. The predicted molar refractivity (Wildman–Crippen MR) is 60.2 cm³/mol. The highest BCUT2D eigenvalue weighted by Gasteiger charge is 2.10. The molecule has 0 atom stereocenters. The monoisotopic (exact) mass is 202 g/mol. The minimum atomic E-state index is 0.391. The average Bonchev–Trinajstić information content (AvgIpc) is 2.55. The Labute approximate surface area is 88.7 Å². The van der Waals surface area contributed by atoms with Gasteiger partial charge in [-0.1, -0.05) is 13.8 Å². The SMILES string of the molecule is CC(C)c1nc2cc(C=O)ccc2n1C. The molecule has 0 amide bonds. The maximum Gasteiger partial charge on any atom is 0.150 e. The van der Waals surface area contributed by atoms with Gasteiger partial charge in [-0.2, -0.15) is 0 Å². The van der Waals surface area contributed by atoms with Gasteiger partial charge >= 0.3 is 0 Å². The van der Waals surface area contributed by atoms with Gasteiger partial charge in [0, 0.05) is 18.5 Å². The van der Waals surface area contributed by atoms with Crippen LogP contribution in [0.2, 0.25) is 0 Å².